The Hall–Kier alpha value is -9.43. The first-order valence-electron chi connectivity index (χ1n) is 33.9. The van der Waals surface area contributed by atoms with E-state index in [4.69, 9.17) is 20.9 Å². The molecule has 6 heterocycles. The van der Waals surface area contributed by atoms with Crippen LogP contribution in [0.4, 0.5) is 24.4 Å². The number of sulfone groups is 1. The predicted molar refractivity (Wildman–Crippen MR) is 382 cm³/mol. The number of carbonyl (C=O) groups excluding carboxylic acids is 5. The summed E-state index contributed by atoms with van der Waals surface area (Å²) in [5.74, 6) is -2.17. The lowest BCUT2D eigenvalue weighted by Gasteiger charge is -2.39. The zero-order valence-corrected chi connectivity index (χ0v) is 58.8. The minimum atomic E-state index is -3.62. The van der Waals surface area contributed by atoms with Crippen LogP contribution in [0.5, 0.6) is 0 Å². The van der Waals surface area contributed by atoms with E-state index in [0.717, 1.165) is 90.3 Å². The third-order valence-corrected chi connectivity index (χ3v) is 21.7. The second-order valence-corrected chi connectivity index (χ2v) is 29.1. The van der Waals surface area contributed by atoms with Gasteiger partial charge in [0, 0.05) is 102 Å². The van der Waals surface area contributed by atoms with Crippen molar-refractivity contribution in [3.05, 3.63) is 164 Å². The quantitative estimate of drug-likeness (QED) is 0.0373. The van der Waals surface area contributed by atoms with Gasteiger partial charge in [0.2, 0.25) is 11.8 Å². The number of amides is 5. The lowest BCUT2D eigenvalue weighted by Crippen LogP contribution is -2.53. The number of aryl methyl sites for hydroxylation is 4. The molecule has 4 fully saturated rings. The van der Waals surface area contributed by atoms with Crippen LogP contribution < -0.4 is 26.5 Å². The summed E-state index contributed by atoms with van der Waals surface area (Å²) in [5, 5.41) is 12.0. The number of urea groups is 1. The smallest absolute Gasteiger partial charge is 0.331 e. The zero-order chi connectivity index (χ0) is 70.8. The fraction of sp³-hybridized carbons (Fsp3) is 0.425. The summed E-state index contributed by atoms with van der Waals surface area (Å²) in [6.07, 6.45) is 5.76. The number of aromatic nitrogens is 5. The van der Waals surface area contributed by atoms with Crippen molar-refractivity contribution in [3.63, 3.8) is 0 Å². The average molecular weight is 1390 g/mol. The average Bonchev–Trinajstić information content (AvgIpc) is 1.62. The van der Waals surface area contributed by atoms with E-state index in [2.05, 4.69) is 97.0 Å². The molecule has 0 radical (unpaired) electrons. The number of fused-ring (bicyclic) bond motifs is 2. The molecule has 3 aromatic heterocycles. The molecule has 5 amide bonds. The molecule has 1 aliphatic carbocycles. The van der Waals surface area contributed by atoms with Crippen LogP contribution >= 0.6 is 11.3 Å². The van der Waals surface area contributed by atoms with E-state index in [9.17, 15) is 46.0 Å². The van der Waals surface area contributed by atoms with E-state index in [0.29, 0.717) is 69.2 Å². The van der Waals surface area contributed by atoms with Crippen LogP contribution in [0.1, 0.15) is 129 Å². The van der Waals surface area contributed by atoms with Crippen LogP contribution in [-0.2, 0) is 35.5 Å². The number of thiazole rings is 1. The number of ether oxygens (including phenoxy) is 1. The molecule has 3 saturated heterocycles. The first kappa shape index (κ1) is 72.3. The van der Waals surface area contributed by atoms with Crippen molar-refractivity contribution in [2.45, 2.75) is 123 Å². The molecule has 4 aliphatic rings. The summed E-state index contributed by atoms with van der Waals surface area (Å²) in [6, 6.07) is 28.4. The Bertz CT molecular complexity index is 4460. The summed E-state index contributed by atoms with van der Waals surface area (Å²) in [6.45, 7) is 20.7. The number of hydrogen-bond donors (Lipinski definition) is 3. The molecule has 3 aliphatic heterocycles. The minimum Gasteiger partial charge on any atom is -0.465 e. The van der Waals surface area contributed by atoms with Crippen LogP contribution in [0.2, 0.25) is 0 Å². The van der Waals surface area contributed by atoms with Crippen molar-refractivity contribution in [3.8, 4) is 11.4 Å². The lowest BCUT2D eigenvalue weighted by atomic mass is 9.95. The van der Waals surface area contributed by atoms with Crippen molar-refractivity contribution >= 4 is 88.9 Å². The second kappa shape index (κ2) is 32.1. The molecule has 26 heteroatoms. The molecule has 99 heavy (non-hydrogen) atoms. The number of hydrogen-bond acceptors (Lipinski definition) is 16. The normalized spacial score (nSPS) is 15.5. The Kier molecular flexibility index (Phi) is 23.4. The Morgan fingerprint density at radius 3 is 2.04 bits per heavy atom. The molecule has 12 rings (SSSR count). The molecule has 526 valence electrons. The number of piperidine rings is 1. The minimum absolute atomic E-state index is 0. The first-order chi connectivity index (χ1) is 47.4. The van der Waals surface area contributed by atoms with Gasteiger partial charge in [-0.05, 0) is 143 Å². The molecule has 4 N–H and O–H groups in total. The summed E-state index contributed by atoms with van der Waals surface area (Å²) in [7, 11) is -3.62. The SMILES string of the molecule is CCOC(=O)Cn1c(=O)n(C2CCCCC2)c2nc(-c3cccc(F)c3)nc(C(N)=O)c21.Cc1ccc(C)c(N2CCN(C(=O)C3CCN(C(=O)NC(=N)c4ccc(C(C)C)cc4)CC3)CC2)c1.Cc1ccc2sc(N3CCN(C(=O)CCS(=O)(=O)c4ccc(F)cc4)CC3)nc2c1C.[HH]. The number of anilines is 2. The van der Waals surface area contributed by atoms with Gasteiger partial charge in [-0.15, -0.1) is 0 Å². The van der Waals surface area contributed by atoms with Gasteiger partial charge in [-0.25, -0.2) is 41.7 Å². The highest BCUT2D eigenvalue weighted by molar-refractivity contribution is 7.91. The number of piperazine rings is 2. The fourth-order valence-electron chi connectivity index (χ4n) is 13.0. The third-order valence-electron chi connectivity index (χ3n) is 18.9. The lowest BCUT2D eigenvalue weighted by molar-refractivity contribution is -0.143. The number of primary amides is 1. The van der Waals surface area contributed by atoms with Crippen LogP contribution in [0.15, 0.2) is 113 Å². The predicted octanol–water partition coefficient (Wildman–Crippen LogP) is 10.9. The second-order valence-electron chi connectivity index (χ2n) is 26.0. The van der Waals surface area contributed by atoms with E-state index in [1.807, 2.05) is 29.2 Å². The molecule has 0 unspecified atom stereocenters. The highest BCUT2D eigenvalue weighted by atomic mass is 32.2. The number of amidine groups is 1. The van der Waals surface area contributed by atoms with E-state index in [-0.39, 0.29) is 83.4 Å². The van der Waals surface area contributed by atoms with E-state index in [1.54, 1.807) is 34.1 Å². The van der Waals surface area contributed by atoms with Gasteiger partial charge in [0.25, 0.3) is 5.91 Å². The summed E-state index contributed by atoms with van der Waals surface area (Å²) < 4.78 is 60.5. The van der Waals surface area contributed by atoms with Gasteiger partial charge in [-0.3, -0.25) is 39.0 Å². The van der Waals surface area contributed by atoms with Gasteiger partial charge in [-0.1, -0.05) is 99.0 Å². The van der Waals surface area contributed by atoms with E-state index >= 15 is 0 Å². The maximum Gasteiger partial charge on any atom is 0.331 e. The van der Waals surface area contributed by atoms with Gasteiger partial charge < -0.3 is 35.0 Å². The van der Waals surface area contributed by atoms with Crippen molar-refractivity contribution in [1.29, 1.82) is 5.41 Å². The molecule has 0 atom stereocenters. The third kappa shape index (κ3) is 17.4. The topological polar surface area (TPSA) is 272 Å². The maximum absolute atomic E-state index is 13.8. The zero-order valence-electron chi connectivity index (χ0n) is 57.2. The molecule has 22 nitrogen and oxygen atoms in total. The molecular formula is C73H89F2N13O9S2. The maximum atomic E-state index is 13.8. The highest BCUT2D eigenvalue weighted by Gasteiger charge is 2.34. The van der Waals surface area contributed by atoms with E-state index in [1.165, 1.54) is 68.4 Å². The van der Waals surface area contributed by atoms with Crippen LogP contribution in [0, 0.1) is 50.7 Å². The highest BCUT2D eigenvalue weighted by Crippen LogP contribution is 2.34. The van der Waals surface area contributed by atoms with Crippen LogP contribution in [-0.4, -0.2) is 161 Å². The van der Waals surface area contributed by atoms with Gasteiger partial charge in [0.05, 0.1) is 27.5 Å². The number of rotatable bonds is 15. The number of carbonyl (C=O) groups is 5. The molecule has 1 saturated carbocycles. The first-order valence-corrected chi connectivity index (χ1v) is 36.3. The number of nitrogens with two attached hydrogens (primary N) is 1. The number of nitrogens with one attached hydrogen (secondary N) is 2. The fourth-order valence-corrected chi connectivity index (χ4v) is 15.3. The van der Waals surface area contributed by atoms with Crippen molar-refractivity contribution < 1.29 is 47.3 Å². The van der Waals surface area contributed by atoms with Crippen LogP contribution in [0.25, 0.3) is 32.8 Å². The Morgan fingerprint density at radius 2 is 1.39 bits per heavy atom. The number of esters is 1. The monoisotopic (exact) mass is 1390 g/mol. The standard InChI is InChI=1S/C29H39N5O2.C22H24FN5O4.C22H24FN3O3S2.H2/c1-20(2)23-7-9-24(10-8-23)27(30)31-29(36)34-13-11-25(12-14-34)28(35)33-17-15-32(16-18-33)26-19-21(3)5-6-22(26)4;1-2-32-16(29)12-27-18-17(19(24)30)25-20(13-7-6-8-14(23)11-13)26-21(18)28(22(27)31)15-9-4-3-5-10-15;1-15-3-8-19-21(16(15)2)24-22(30-19)26-12-10-25(11-13-26)20(27)9-14-31(28,29)18-6-4-17(23)5-7-18;/h5-10,19-20,25H,11-18H2,1-4H3,(H2,30,31,36);6-8,11,15H,2-5,9-10,12H2,1H3,(H2,24,30);3-8H,9-14H2,1-2H3;1H. The Balaban J connectivity index is 0.000000175. The van der Waals surface area contributed by atoms with Gasteiger partial charge in [0.15, 0.2) is 32.1 Å². The molecule has 0 spiro atoms. The Morgan fingerprint density at radius 1 is 0.737 bits per heavy atom. The van der Waals surface area contributed by atoms with E-state index < -0.39 is 45.6 Å². The number of nitrogens with zero attached hydrogens (tertiary/aromatic N) is 10. The van der Waals surface area contributed by atoms with Crippen molar-refractivity contribution in [2.24, 2.45) is 11.7 Å². The summed E-state index contributed by atoms with van der Waals surface area (Å²) in [4.78, 5) is 100. The molecular weight excluding hydrogens is 1310 g/mol. The van der Waals surface area contributed by atoms with Gasteiger partial charge in [0.1, 0.15) is 29.5 Å². The number of likely N-dealkylation sites (tertiary alicyclic amines) is 1. The van der Waals surface area contributed by atoms with Gasteiger partial charge >= 0.3 is 17.7 Å². The Labute approximate surface area is 581 Å². The van der Waals surface area contributed by atoms with Crippen molar-refractivity contribution in [2.75, 3.05) is 87.6 Å². The largest absolute Gasteiger partial charge is 0.465 e. The number of imidazole rings is 1. The summed E-state index contributed by atoms with van der Waals surface area (Å²) >= 11 is 1.65. The summed E-state index contributed by atoms with van der Waals surface area (Å²) in [5.41, 5.74) is 14.7. The van der Waals surface area contributed by atoms with Crippen LogP contribution in [0.3, 0.4) is 0 Å². The van der Waals surface area contributed by atoms with Gasteiger partial charge in [-0.2, -0.15) is 0 Å². The van der Waals surface area contributed by atoms with Crippen molar-refractivity contribution in [1.82, 2.24) is 44.1 Å². The molecule has 8 aromatic rings. The number of halogens is 2. The molecule has 5 aromatic carbocycles. The molecule has 0 bridgehead atoms. The number of benzene rings is 5.